The summed E-state index contributed by atoms with van der Waals surface area (Å²) in [6.45, 7) is 5.01. The van der Waals surface area contributed by atoms with Crippen molar-refractivity contribution >= 4 is 5.91 Å². The molecule has 1 amide bonds. The molecular weight excluding hydrogens is 192 g/mol. The van der Waals surface area contributed by atoms with E-state index in [0.717, 1.165) is 6.08 Å². The molecule has 1 fully saturated rings. The second-order valence-corrected chi connectivity index (χ2v) is 3.43. The molecule has 1 rings (SSSR count). The van der Waals surface area contributed by atoms with Crippen LogP contribution in [0.25, 0.3) is 0 Å². The topological polar surface area (TPSA) is 29.5 Å². The maximum Gasteiger partial charge on any atom is 0.268 e. The van der Waals surface area contributed by atoms with Crippen LogP contribution in [0.15, 0.2) is 12.7 Å². The number of hydrogen-bond donors (Lipinski definition) is 0. The maximum absolute atomic E-state index is 12.6. The number of morpholine rings is 1. The summed E-state index contributed by atoms with van der Waals surface area (Å²) in [6, 6.07) is 0. The van der Waals surface area contributed by atoms with Gasteiger partial charge in [0.25, 0.3) is 6.43 Å². The standard InChI is InChI=1S/C9H13F2NO2/c1-3-7(13)12-4-5-14-9(2,6-12)8(10)11/h3,8H,1,4-6H2,2H3. The average molecular weight is 205 g/mol. The Kier molecular flexibility index (Phi) is 3.21. The van der Waals surface area contributed by atoms with Crippen molar-refractivity contribution in [1.82, 2.24) is 4.90 Å². The molecule has 1 atom stereocenters. The van der Waals surface area contributed by atoms with E-state index in [4.69, 9.17) is 4.74 Å². The van der Waals surface area contributed by atoms with E-state index in [9.17, 15) is 13.6 Å². The van der Waals surface area contributed by atoms with Gasteiger partial charge >= 0.3 is 0 Å². The summed E-state index contributed by atoms with van der Waals surface area (Å²) in [5, 5.41) is 0. The number of carbonyl (C=O) groups excluding carboxylic acids is 1. The Morgan fingerprint density at radius 3 is 2.86 bits per heavy atom. The van der Waals surface area contributed by atoms with Crippen molar-refractivity contribution in [2.75, 3.05) is 19.7 Å². The molecule has 80 valence electrons. The minimum atomic E-state index is -2.59. The van der Waals surface area contributed by atoms with Gasteiger partial charge in [-0.05, 0) is 13.0 Å². The van der Waals surface area contributed by atoms with Crippen molar-refractivity contribution < 1.29 is 18.3 Å². The average Bonchev–Trinajstić information content (AvgIpc) is 2.16. The number of alkyl halides is 2. The van der Waals surface area contributed by atoms with Crippen LogP contribution in [-0.4, -0.2) is 42.5 Å². The predicted molar refractivity (Wildman–Crippen MR) is 47.1 cm³/mol. The molecule has 0 aromatic rings. The molecule has 1 heterocycles. The van der Waals surface area contributed by atoms with E-state index in [1.54, 1.807) is 0 Å². The molecular formula is C9H13F2NO2. The first-order valence-corrected chi connectivity index (χ1v) is 4.33. The minimum Gasteiger partial charge on any atom is -0.366 e. The first-order chi connectivity index (χ1) is 6.49. The molecule has 0 radical (unpaired) electrons. The van der Waals surface area contributed by atoms with Crippen molar-refractivity contribution in [1.29, 1.82) is 0 Å². The summed E-state index contributed by atoms with van der Waals surface area (Å²) < 4.78 is 30.1. The zero-order valence-electron chi connectivity index (χ0n) is 8.00. The third kappa shape index (κ3) is 2.09. The van der Waals surface area contributed by atoms with Crippen LogP contribution in [0, 0.1) is 0 Å². The Hall–Kier alpha value is -0.970. The summed E-state index contributed by atoms with van der Waals surface area (Å²) in [5.74, 6) is -0.333. The van der Waals surface area contributed by atoms with Gasteiger partial charge in [0.15, 0.2) is 0 Å². The van der Waals surface area contributed by atoms with Crippen molar-refractivity contribution in [3.8, 4) is 0 Å². The van der Waals surface area contributed by atoms with Crippen LogP contribution in [0.1, 0.15) is 6.92 Å². The van der Waals surface area contributed by atoms with Crippen molar-refractivity contribution in [2.45, 2.75) is 19.0 Å². The highest BCUT2D eigenvalue weighted by Gasteiger charge is 2.41. The van der Waals surface area contributed by atoms with Gasteiger partial charge in [0, 0.05) is 6.54 Å². The third-order valence-corrected chi connectivity index (χ3v) is 2.25. The first-order valence-electron chi connectivity index (χ1n) is 4.33. The Morgan fingerprint density at radius 1 is 1.71 bits per heavy atom. The van der Waals surface area contributed by atoms with Crippen LogP contribution >= 0.6 is 0 Å². The predicted octanol–water partition coefficient (Wildman–Crippen LogP) is 1.05. The van der Waals surface area contributed by atoms with E-state index in [-0.39, 0.29) is 19.1 Å². The molecule has 1 unspecified atom stereocenters. The Bertz CT molecular complexity index is 245. The fourth-order valence-corrected chi connectivity index (χ4v) is 1.34. The van der Waals surface area contributed by atoms with Crippen molar-refractivity contribution in [3.05, 3.63) is 12.7 Å². The van der Waals surface area contributed by atoms with Gasteiger partial charge in [-0.2, -0.15) is 0 Å². The highest BCUT2D eigenvalue weighted by molar-refractivity contribution is 5.87. The molecule has 14 heavy (non-hydrogen) atoms. The molecule has 0 spiro atoms. The Labute approximate surface area is 81.3 Å². The van der Waals surface area contributed by atoms with Crippen molar-refractivity contribution in [3.63, 3.8) is 0 Å². The summed E-state index contributed by atoms with van der Waals surface area (Å²) in [7, 11) is 0. The van der Waals surface area contributed by atoms with E-state index in [2.05, 4.69) is 6.58 Å². The lowest BCUT2D eigenvalue weighted by atomic mass is 10.1. The first kappa shape index (κ1) is 11.1. The fourth-order valence-electron chi connectivity index (χ4n) is 1.34. The molecule has 0 aliphatic carbocycles. The molecule has 3 nitrogen and oxygen atoms in total. The number of hydrogen-bond acceptors (Lipinski definition) is 2. The molecule has 0 aromatic heterocycles. The lowest BCUT2D eigenvalue weighted by Crippen LogP contribution is -2.55. The molecule has 1 saturated heterocycles. The molecule has 0 bridgehead atoms. The van der Waals surface area contributed by atoms with Gasteiger partial charge in [-0.25, -0.2) is 8.78 Å². The smallest absolute Gasteiger partial charge is 0.268 e. The highest BCUT2D eigenvalue weighted by atomic mass is 19.3. The largest absolute Gasteiger partial charge is 0.366 e. The van der Waals surface area contributed by atoms with Crippen LogP contribution in [0.3, 0.4) is 0 Å². The number of halogens is 2. The second-order valence-electron chi connectivity index (χ2n) is 3.43. The van der Waals surface area contributed by atoms with Crippen LogP contribution < -0.4 is 0 Å². The summed E-state index contributed by atoms with van der Waals surface area (Å²) >= 11 is 0. The van der Waals surface area contributed by atoms with E-state index < -0.39 is 12.0 Å². The third-order valence-electron chi connectivity index (χ3n) is 2.25. The number of amides is 1. The Balaban J connectivity index is 2.68. The number of rotatable bonds is 2. The summed E-state index contributed by atoms with van der Waals surface area (Å²) in [6.07, 6.45) is -1.47. The fraction of sp³-hybridized carbons (Fsp3) is 0.667. The van der Waals surface area contributed by atoms with E-state index in [1.807, 2.05) is 0 Å². The minimum absolute atomic E-state index is 0.0878. The molecule has 0 aromatic carbocycles. The van der Waals surface area contributed by atoms with E-state index in [1.165, 1.54) is 11.8 Å². The van der Waals surface area contributed by atoms with Gasteiger partial charge in [-0.1, -0.05) is 6.58 Å². The molecule has 0 saturated carbocycles. The molecule has 0 N–H and O–H groups in total. The normalized spacial score (nSPS) is 27.9. The monoisotopic (exact) mass is 205 g/mol. The van der Waals surface area contributed by atoms with Gasteiger partial charge in [0.1, 0.15) is 5.60 Å². The van der Waals surface area contributed by atoms with Crippen LogP contribution in [0.5, 0.6) is 0 Å². The van der Waals surface area contributed by atoms with Gasteiger partial charge < -0.3 is 9.64 Å². The number of carbonyl (C=O) groups is 1. The van der Waals surface area contributed by atoms with Gasteiger partial charge in [0.05, 0.1) is 13.2 Å². The van der Waals surface area contributed by atoms with E-state index in [0.29, 0.717) is 6.54 Å². The zero-order chi connectivity index (χ0) is 10.8. The molecule has 1 aliphatic rings. The van der Waals surface area contributed by atoms with Gasteiger partial charge in [0.2, 0.25) is 5.91 Å². The maximum atomic E-state index is 12.6. The molecule has 5 heteroatoms. The summed E-state index contributed by atoms with van der Waals surface area (Å²) in [5.41, 5.74) is -1.54. The number of ether oxygens (including phenoxy) is 1. The SMILES string of the molecule is C=CC(=O)N1CCOC(C)(C(F)F)C1. The van der Waals surface area contributed by atoms with Crippen LogP contribution in [0.4, 0.5) is 8.78 Å². The highest BCUT2D eigenvalue weighted by Crippen LogP contribution is 2.24. The van der Waals surface area contributed by atoms with Crippen LogP contribution in [0.2, 0.25) is 0 Å². The van der Waals surface area contributed by atoms with Gasteiger partial charge in [-0.15, -0.1) is 0 Å². The zero-order valence-corrected chi connectivity index (χ0v) is 8.00. The number of nitrogens with zero attached hydrogens (tertiary/aromatic N) is 1. The lowest BCUT2D eigenvalue weighted by Gasteiger charge is -2.39. The van der Waals surface area contributed by atoms with Gasteiger partial charge in [-0.3, -0.25) is 4.79 Å². The van der Waals surface area contributed by atoms with E-state index >= 15 is 0 Å². The Morgan fingerprint density at radius 2 is 2.36 bits per heavy atom. The van der Waals surface area contributed by atoms with Crippen LogP contribution in [-0.2, 0) is 9.53 Å². The van der Waals surface area contributed by atoms with Crippen molar-refractivity contribution in [2.24, 2.45) is 0 Å². The second kappa shape index (κ2) is 4.04. The quantitative estimate of drug-likeness (QED) is 0.631. The molecule has 1 aliphatic heterocycles. The lowest BCUT2D eigenvalue weighted by molar-refractivity contribution is -0.175. The summed E-state index contributed by atoms with van der Waals surface area (Å²) in [4.78, 5) is 12.5.